The molecule has 16 heavy (non-hydrogen) atoms. The van der Waals surface area contributed by atoms with Crippen LogP contribution >= 0.6 is 11.6 Å². The first kappa shape index (κ1) is 11.0. The Kier molecular flexibility index (Phi) is 2.84. The molecule has 82 valence electrons. The summed E-state index contributed by atoms with van der Waals surface area (Å²) < 4.78 is 13.2. The van der Waals surface area contributed by atoms with Gasteiger partial charge in [-0.25, -0.2) is 4.39 Å². The first-order chi connectivity index (χ1) is 7.56. The highest BCUT2D eigenvalue weighted by molar-refractivity contribution is 6.30. The summed E-state index contributed by atoms with van der Waals surface area (Å²) in [7, 11) is 0. The number of anilines is 1. The molecule has 0 fully saturated rings. The van der Waals surface area contributed by atoms with Crippen LogP contribution in [-0.4, -0.2) is 0 Å². The molecular weight excluding hydrogens is 225 g/mol. The maximum absolute atomic E-state index is 13.2. The highest BCUT2D eigenvalue weighted by atomic mass is 35.5. The molecule has 0 unspecified atom stereocenters. The minimum atomic E-state index is -0.336. The van der Waals surface area contributed by atoms with Gasteiger partial charge in [-0.3, -0.25) is 0 Å². The summed E-state index contributed by atoms with van der Waals surface area (Å²) in [6, 6.07) is 10.1. The van der Waals surface area contributed by atoms with E-state index in [0.717, 1.165) is 22.4 Å². The first-order valence-electron chi connectivity index (χ1n) is 4.89. The number of nitrogen functional groups attached to an aromatic ring is 1. The summed E-state index contributed by atoms with van der Waals surface area (Å²) in [6.07, 6.45) is 0. The van der Waals surface area contributed by atoms with Crippen LogP contribution in [0, 0.1) is 12.7 Å². The van der Waals surface area contributed by atoms with Crippen LogP contribution in [-0.2, 0) is 0 Å². The standard InChI is InChI=1S/C13H11ClFN/c1-8-4-9(2-3-13(8)16)10-5-11(14)7-12(15)6-10/h2-7H,16H2,1H3. The molecule has 0 bridgehead atoms. The summed E-state index contributed by atoms with van der Waals surface area (Å²) in [6.45, 7) is 1.92. The van der Waals surface area contributed by atoms with Crippen LogP contribution < -0.4 is 5.73 Å². The van der Waals surface area contributed by atoms with Gasteiger partial charge >= 0.3 is 0 Å². The minimum absolute atomic E-state index is 0.336. The SMILES string of the molecule is Cc1cc(-c2cc(F)cc(Cl)c2)ccc1N. The average Bonchev–Trinajstić information content (AvgIpc) is 2.20. The molecule has 0 amide bonds. The third-order valence-electron chi connectivity index (χ3n) is 2.47. The van der Waals surface area contributed by atoms with Crippen LogP contribution in [0.2, 0.25) is 5.02 Å². The van der Waals surface area contributed by atoms with E-state index in [9.17, 15) is 4.39 Å². The van der Waals surface area contributed by atoms with E-state index in [0.29, 0.717) is 5.02 Å². The maximum Gasteiger partial charge on any atom is 0.125 e. The number of hydrogen-bond donors (Lipinski definition) is 1. The number of hydrogen-bond acceptors (Lipinski definition) is 1. The Balaban J connectivity index is 2.54. The van der Waals surface area contributed by atoms with E-state index in [2.05, 4.69) is 0 Å². The lowest BCUT2D eigenvalue weighted by Crippen LogP contribution is -1.89. The van der Waals surface area contributed by atoms with Crippen molar-refractivity contribution in [1.82, 2.24) is 0 Å². The Bertz CT molecular complexity index is 517. The largest absolute Gasteiger partial charge is 0.399 e. The van der Waals surface area contributed by atoms with Crippen LogP contribution in [0.4, 0.5) is 10.1 Å². The molecule has 0 spiro atoms. The van der Waals surface area contributed by atoms with Crippen molar-refractivity contribution in [1.29, 1.82) is 0 Å². The number of rotatable bonds is 1. The fourth-order valence-electron chi connectivity index (χ4n) is 1.58. The van der Waals surface area contributed by atoms with Crippen molar-refractivity contribution >= 4 is 17.3 Å². The molecule has 0 saturated heterocycles. The van der Waals surface area contributed by atoms with Crippen molar-refractivity contribution in [3.8, 4) is 11.1 Å². The molecule has 0 aliphatic carbocycles. The van der Waals surface area contributed by atoms with Gasteiger partial charge in [-0.2, -0.15) is 0 Å². The molecule has 3 heteroatoms. The Hall–Kier alpha value is -1.54. The molecular formula is C13H11ClFN. The molecule has 1 nitrogen and oxygen atoms in total. The Morgan fingerprint density at radius 2 is 1.81 bits per heavy atom. The maximum atomic E-state index is 13.2. The molecule has 0 saturated carbocycles. The van der Waals surface area contributed by atoms with Gasteiger partial charge in [0.2, 0.25) is 0 Å². The molecule has 0 aliphatic heterocycles. The fraction of sp³-hybridized carbons (Fsp3) is 0.0769. The zero-order valence-corrected chi connectivity index (χ0v) is 9.55. The molecule has 0 atom stereocenters. The number of aryl methyl sites for hydroxylation is 1. The van der Waals surface area contributed by atoms with E-state index < -0.39 is 0 Å². The third-order valence-corrected chi connectivity index (χ3v) is 2.68. The van der Waals surface area contributed by atoms with Crippen molar-refractivity contribution < 1.29 is 4.39 Å². The van der Waals surface area contributed by atoms with Crippen LogP contribution in [0.1, 0.15) is 5.56 Å². The van der Waals surface area contributed by atoms with Crippen LogP contribution in [0.15, 0.2) is 36.4 Å². The van der Waals surface area contributed by atoms with Gasteiger partial charge < -0.3 is 5.73 Å². The predicted octanol–water partition coefficient (Wildman–Crippen LogP) is 4.04. The zero-order valence-electron chi connectivity index (χ0n) is 8.80. The summed E-state index contributed by atoms with van der Waals surface area (Å²) in [5, 5.41) is 0.393. The molecule has 2 aromatic carbocycles. The first-order valence-corrected chi connectivity index (χ1v) is 5.26. The second kappa shape index (κ2) is 4.14. The third kappa shape index (κ3) is 2.17. The van der Waals surface area contributed by atoms with Crippen molar-refractivity contribution in [3.63, 3.8) is 0 Å². The van der Waals surface area contributed by atoms with Gasteiger partial charge in [-0.05, 0) is 53.9 Å². The van der Waals surface area contributed by atoms with E-state index in [1.54, 1.807) is 6.07 Å². The lowest BCUT2D eigenvalue weighted by Gasteiger charge is -2.06. The van der Waals surface area contributed by atoms with Crippen molar-refractivity contribution in [2.24, 2.45) is 0 Å². The highest BCUT2D eigenvalue weighted by Crippen LogP contribution is 2.26. The van der Waals surface area contributed by atoms with Crippen LogP contribution in [0.5, 0.6) is 0 Å². The van der Waals surface area contributed by atoms with Crippen molar-refractivity contribution in [2.75, 3.05) is 5.73 Å². The minimum Gasteiger partial charge on any atom is -0.399 e. The summed E-state index contributed by atoms with van der Waals surface area (Å²) in [4.78, 5) is 0. The van der Waals surface area contributed by atoms with Gasteiger partial charge in [-0.1, -0.05) is 17.7 Å². The van der Waals surface area contributed by atoms with Crippen LogP contribution in [0.25, 0.3) is 11.1 Å². The van der Waals surface area contributed by atoms with Gasteiger partial charge in [0.1, 0.15) is 5.82 Å². The Morgan fingerprint density at radius 1 is 1.06 bits per heavy atom. The number of nitrogens with two attached hydrogens (primary N) is 1. The van der Waals surface area contributed by atoms with Gasteiger partial charge in [-0.15, -0.1) is 0 Å². The lowest BCUT2D eigenvalue weighted by atomic mass is 10.0. The second-order valence-corrected chi connectivity index (χ2v) is 4.17. The van der Waals surface area contributed by atoms with Gasteiger partial charge in [0.15, 0.2) is 0 Å². The molecule has 0 aliphatic rings. The average molecular weight is 236 g/mol. The number of halogens is 2. The fourth-order valence-corrected chi connectivity index (χ4v) is 1.80. The summed E-state index contributed by atoms with van der Waals surface area (Å²) in [5.74, 6) is -0.336. The summed E-state index contributed by atoms with van der Waals surface area (Å²) in [5.41, 5.74) is 9.09. The van der Waals surface area contributed by atoms with Crippen LogP contribution in [0.3, 0.4) is 0 Å². The Labute approximate surface area is 98.7 Å². The number of benzene rings is 2. The molecule has 2 aromatic rings. The monoisotopic (exact) mass is 235 g/mol. The van der Waals surface area contributed by atoms with Gasteiger partial charge in [0.25, 0.3) is 0 Å². The molecule has 2 rings (SSSR count). The van der Waals surface area contributed by atoms with Crippen molar-refractivity contribution in [2.45, 2.75) is 6.92 Å². The van der Waals surface area contributed by atoms with E-state index in [4.69, 9.17) is 17.3 Å². The second-order valence-electron chi connectivity index (χ2n) is 3.73. The van der Waals surface area contributed by atoms with Gasteiger partial charge in [0.05, 0.1) is 0 Å². The molecule has 2 N–H and O–H groups in total. The highest BCUT2D eigenvalue weighted by Gasteiger charge is 2.03. The predicted molar refractivity (Wildman–Crippen MR) is 66.0 cm³/mol. The topological polar surface area (TPSA) is 26.0 Å². The van der Waals surface area contributed by atoms with E-state index in [1.807, 2.05) is 25.1 Å². The van der Waals surface area contributed by atoms with Crippen molar-refractivity contribution in [3.05, 3.63) is 52.8 Å². The normalized spacial score (nSPS) is 10.4. The van der Waals surface area contributed by atoms with E-state index in [-0.39, 0.29) is 5.82 Å². The Morgan fingerprint density at radius 3 is 2.44 bits per heavy atom. The molecule has 0 heterocycles. The smallest absolute Gasteiger partial charge is 0.125 e. The quantitative estimate of drug-likeness (QED) is 0.742. The van der Waals surface area contributed by atoms with E-state index >= 15 is 0 Å². The molecule has 0 aromatic heterocycles. The zero-order chi connectivity index (χ0) is 11.7. The van der Waals surface area contributed by atoms with E-state index in [1.165, 1.54) is 12.1 Å². The van der Waals surface area contributed by atoms with Gasteiger partial charge in [0, 0.05) is 10.7 Å². The molecule has 0 radical (unpaired) electrons. The summed E-state index contributed by atoms with van der Waals surface area (Å²) >= 11 is 5.81. The lowest BCUT2D eigenvalue weighted by molar-refractivity contribution is 0.628.